The average molecular weight is 624 g/mol. The number of nitrogens with zero attached hydrogens (tertiary/aromatic N) is 7. The molecule has 5 rings (SSSR count). The van der Waals surface area contributed by atoms with Crippen LogP contribution in [0.1, 0.15) is 52.6 Å². The third kappa shape index (κ3) is 6.72. The van der Waals surface area contributed by atoms with Crippen molar-refractivity contribution in [1.82, 2.24) is 35.6 Å². The first-order chi connectivity index (χ1) is 19.9. The summed E-state index contributed by atoms with van der Waals surface area (Å²) in [6.45, 7) is 7.05. The molecule has 3 N–H and O–H groups in total. The van der Waals surface area contributed by atoms with Crippen molar-refractivity contribution in [2.45, 2.75) is 39.8 Å². The van der Waals surface area contributed by atoms with Crippen molar-refractivity contribution in [3.05, 3.63) is 68.9 Å². The third-order valence-electron chi connectivity index (χ3n) is 6.47. The van der Waals surface area contributed by atoms with E-state index in [9.17, 15) is 4.79 Å². The highest BCUT2D eigenvalue weighted by atomic mass is 79.9. The number of rotatable bonds is 11. The molecule has 3 heterocycles. The lowest BCUT2D eigenvalue weighted by atomic mass is 10.1. The number of likely N-dealkylation sites (tertiary alicyclic amines) is 1. The highest BCUT2D eigenvalue weighted by molar-refractivity contribution is 9.10. The molecule has 214 valence electrons. The Hall–Kier alpha value is -4.30. The van der Waals surface area contributed by atoms with Crippen LogP contribution in [-0.2, 0) is 13.2 Å². The molecular formula is C27H30BrN9O4. The van der Waals surface area contributed by atoms with E-state index in [1.165, 1.54) is 16.5 Å². The van der Waals surface area contributed by atoms with Gasteiger partial charge in [0.05, 0.1) is 18.4 Å². The fraction of sp³-hybridized carbons (Fsp3) is 0.333. The first-order valence-electron chi connectivity index (χ1n) is 13.2. The van der Waals surface area contributed by atoms with E-state index in [2.05, 4.69) is 52.0 Å². The molecule has 2 aromatic heterocycles. The van der Waals surface area contributed by atoms with Gasteiger partial charge in [0.15, 0.2) is 5.69 Å². The summed E-state index contributed by atoms with van der Waals surface area (Å²) in [6.07, 6.45) is 3.68. The van der Waals surface area contributed by atoms with Gasteiger partial charge < -0.3 is 15.2 Å². The Morgan fingerprint density at radius 2 is 1.98 bits per heavy atom. The van der Waals surface area contributed by atoms with Crippen molar-refractivity contribution in [2.24, 2.45) is 5.10 Å². The maximum atomic E-state index is 13.4. The summed E-state index contributed by atoms with van der Waals surface area (Å²) in [5, 5.41) is 19.9. The van der Waals surface area contributed by atoms with E-state index >= 15 is 0 Å². The van der Waals surface area contributed by atoms with Crippen molar-refractivity contribution in [2.75, 3.05) is 25.4 Å². The van der Waals surface area contributed by atoms with Crippen LogP contribution in [0.5, 0.6) is 11.5 Å². The van der Waals surface area contributed by atoms with E-state index in [-0.39, 0.29) is 17.3 Å². The number of nitrogens with two attached hydrogens (primary N) is 1. The molecule has 0 spiro atoms. The minimum atomic E-state index is -0.546. The Morgan fingerprint density at radius 3 is 2.68 bits per heavy atom. The van der Waals surface area contributed by atoms with Crippen LogP contribution in [0.4, 0.5) is 5.82 Å². The number of halogens is 1. The molecular weight excluding hydrogens is 594 g/mol. The van der Waals surface area contributed by atoms with Gasteiger partial charge in [0, 0.05) is 17.1 Å². The summed E-state index contributed by atoms with van der Waals surface area (Å²) in [6, 6.07) is 11.8. The van der Waals surface area contributed by atoms with Gasteiger partial charge in [-0.1, -0.05) is 35.0 Å². The number of hydrogen-bond donors (Lipinski definition) is 2. The smallest absolute Gasteiger partial charge is 0.292 e. The summed E-state index contributed by atoms with van der Waals surface area (Å²) in [4.78, 5) is 15.6. The number of nitrogen functional groups attached to an aromatic ring is 1. The SMILES string of the molecule is CCOc1cc(OCc2ccc(C)cc2)cc(Br)c1/C=N/NC(=O)c1c(CN2CCCC2)nnn1-c1nonc1N. The zero-order valence-electron chi connectivity index (χ0n) is 22.7. The Balaban J connectivity index is 1.34. The number of aryl methyl sites for hydroxylation is 1. The number of carbonyl (C=O) groups excluding carboxylic acids is 1. The molecule has 1 amide bonds. The van der Waals surface area contributed by atoms with E-state index in [0.29, 0.717) is 47.0 Å². The quantitative estimate of drug-likeness (QED) is 0.186. The number of benzene rings is 2. The Kier molecular flexibility index (Phi) is 8.89. The Morgan fingerprint density at radius 1 is 1.20 bits per heavy atom. The second kappa shape index (κ2) is 12.9. The molecule has 0 saturated carbocycles. The zero-order valence-corrected chi connectivity index (χ0v) is 24.3. The fourth-order valence-electron chi connectivity index (χ4n) is 4.40. The van der Waals surface area contributed by atoms with Crippen LogP contribution in [0, 0.1) is 6.92 Å². The van der Waals surface area contributed by atoms with Gasteiger partial charge in [-0.15, -0.1) is 5.10 Å². The van der Waals surface area contributed by atoms with E-state index in [1.54, 1.807) is 6.07 Å². The Bertz CT molecular complexity index is 1530. The second-order valence-corrected chi connectivity index (χ2v) is 10.3. The van der Waals surface area contributed by atoms with E-state index in [4.69, 9.17) is 19.8 Å². The van der Waals surface area contributed by atoms with Crippen LogP contribution in [-0.4, -0.2) is 62.0 Å². The zero-order chi connectivity index (χ0) is 28.8. The summed E-state index contributed by atoms with van der Waals surface area (Å²) >= 11 is 3.58. The summed E-state index contributed by atoms with van der Waals surface area (Å²) in [5.74, 6) is 0.677. The number of ether oxygens (including phenoxy) is 2. The molecule has 1 aliphatic heterocycles. The van der Waals surface area contributed by atoms with Gasteiger partial charge in [0.25, 0.3) is 5.91 Å². The van der Waals surface area contributed by atoms with Crippen molar-refractivity contribution in [3.63, 3.8) is 0 Å². The number of hydrogen-bond acceptors (Lipinski definition) is 11. The van der Waals surface area contributed by atoms with Crippen LogP contribution in [0.3, 0.4) is 0 Å². The number of aromatic nitrogens is 5. The molecule has 1 fully saturated rings. The largest absolute Gasteiger partial charge is 0.493 e. The average Bonchev–Trinajstić information content (AvgIpc) is 3.72. The number of anilines is 1. The number of carbonyl (C=O) groups is 1. The molecule has 0 atom stereocenters. The molecule has 0 unspecified atom stereocenters. The van der Waals surface area contributed by atoms with Crippen LogP contribution in [0.2, 0.25) is 0 Å². The van der Waals surface area contributed by atoms with E-state index in [0.717, 1.165) is 31.5 Å². The van der Waals surface area contributed by atoms with Gasteiger partial charge >= 0.3 is 0 Å². The van der Waals surface area contributed by atoms with E-state index in [1.807, 2.05) is 44.2 Å². The molecule has 14 heteroatoms. The van der Waals surface area contributed by atoms with Crippen LogP contribution >= 0.6 is 15.9 Å². The number of nitrogens with one attached hydrogen (secondary N) is 1. The molecule has 0 bridgehead atoms. The molecule has 13 nitrogen and oxygen atoms in total. The van der Waals surface area contributed by atoms with Gasteiger partial charge in [0.2, 0.25) is 11.6 Å². The molecule has 41 heavy (non-hydrogen) atoms. The van der Waals surface area contributed by atoms with Crippen molar-refractivity contribution >= 4 is 33.9 Å². The summed E-state index contributed by atoms with van der Waals surface area (Å²) in [5.41, 5.74) is 11.9. The lowest BCUT2D eigenvalue weighted by Gasteiger charge is -2.14. The van der Waals surface area contributed by atoms with Gasteiger partial charge in [-0.25, -0.2) is 10.1 Å². The summed E-state index contributed by atoms with van der Waals surface area (Å²) in [7, 11) is 0. The monoisotopic (exact) mass is 623 g/mol. The lowest BCUT2D eigenvalue weighted by molar-refractivity contribution is 0.0945. The molecule has 4 aromatic rings. The normalized spacial score (nSPS) is 13.6. The van der Waals surface area contributed by atoms with Crippen molar-refractivity contribution in [3.8, 4) is 17.3 Å². The van der Waals surface area contributed by atoms with Gasteiger partial charge in [-0.2, -0.15) is 9.78 Å². The first-order valence-corrected chi connectivity index (χ1v) is 14.0. The third-order valence-corrected chi connectivity index (χ3v) is 7.13. The molecule has 1 aliphatic rings. The van der Waals surface area contributed by atoms with Gasteiger partial charge in [-0.3, -0.25) is 9.69 Å². The van der Waals surface area contributed by atoms with Crippen molar-refractivity contribution in [1.29, 1.82) is 0 Å². The van der Waals surface area contributed by atoms with Gasteiger partial charge in [0.1, 0.15) is 23.8 Å². The topological polar surface area (TPSA) is 159 Å². The standard InChI is InChI=1S/C27H30BrN9O4/c1-3-39-23-13-19(40-16-18-8-6-17(2)7-9-18)12-21(28)20(23)14-30-32-27(38)24-22(15-36-10-4-5-11-36)31-35-37(24)26-25(29)33-41-34-26/h6-9,12-14H,3-5,10-11,15-16H2,1-2H3,(H2,29,33)(H,32,38)/b30-14+. The minimum absolute atomic E-state index is 0.0184. The minimum Gasteiger partial charge on any atom is -0.493 e. The van der Waals surface area contributed by atoms with E-state index < -0.39 is 5.91 Å². The molecule has 1 saturated heterocycles. The number of hydrazone groups is 1. The highest BCUT2D eigenvalue weighted by Crippen LogP contribution is 2.32. The first kappa shape index (κ1) is 28.2. The predicted octanol–water partition coefficient (Wildman–Crippen LogP) is 3.64. The number of amides is 1. The van der Waals surface area contributed by atoms with Gasteiger partial charge in [-0.05, 0) is 77.7 Å². The maximum absolute atomic E-state index is 13.4. The molecule has 0 radical (unpaired) electrons. The second-order valence-electron chi connectivity index (χ2n) is 9.48. The highest BCUT2D eigenvalue weighted by Gasteiger charge is 2.27. The lowest BCUT2D eigenvalue weighted by Crippen LogP contribution is -2.26. The molecule has 2 aromatic carbocycles. The fourth-order valence-corrected chi connectivity index (χ4v) is 4.92. The van der Waals surface area contributed by atoms with Crippen molar-refractivity contribution < 1.29 is 18.9 Å². The maximum Gasteiger partial charge on any atom is 0.292 e. The Labute approximate surface area is 244 Å². The summed E-state index contributed by atoms with van der Waals surface area (Å²) < 4.78 is 18.4. The van der Waals surface area contributed by atoms with Crippen LogP contribution < -0.4 is 20.6 Å². The predicted molar refractivity (Wildman–Crippen MR) is 154 cm³/mol. The van der Waals surface area contributed by atoms with Crippen LogP contribution in [0.25, 0.3) is 5.82 Å². The van der Waals surface area contributed by atoms with Crippen LogP contribution in [0.15, 0.2) is 50.6 Å². The molecule has 0 aliphatic carbocycles.